The number of rotatable bonds is 3. The van der Waals surface area contributed by atoms with Crippen LogP contribution >= 0.6 is 28.3 Å². The van der Waals surface area contributed by atoms with E-state index < -0.39 is 0 Å². The Morgan fingerprint density at radius 1 is 1.27 bits per heavy atom. The van der Waals surface area contributed by atoms with Crippen molar-refractivity contribution in [2.75, 3.05) is 19.6 Å². The molecule has 2 aromatic rings. The highest BCUT2D eigenvalue weighted by Gasteiger charge is 2.23. The summed E-state index contributed by atoms with van der Waals surface area (Å²) in [5.41, 5.74) is 2.24. The Morgan fingerprint density at radius 2 is 2.05 bits per heavy atom. The van der Waals surface area contributed by atoms with Gasteiger partial charge in [0.15, 0.2) is 0 Å². The van der Waals surface area contributed by atoms with E-state index in [9.17, 15) is 4.39 Å². The third kappa shape index (κ3) is 4.04. The Kier molecular flexibility index (Phi) is 6.32. The number of nitrogens with zero attached hydrogens (tertiary/aromatic N) is 2. The lowest BCUT2D eigenvalue weighted by Gasteiger charge is -2.36. The van der Waals surface area contributed by atoms with Crippen molar-refractivity contribution in [1.29, 1.82) is 0 Å². The van der Waals surface area contributed by atoms with E-state index in [0.717, 1.165) is 31.7 Å². The normalized spacial score (nSPS) is 18.7. The zero-order valence-electron chi connectivity index (χ0n) is 12.0. The third-order valence-corrected chi connectivity index (χ3v) is 4.46. The van der Waals surface area contributed by atoms with E-state index in [4.69, 9.17) is 0 Å². The molecule has 2 heterocycles. The van der Waals surface area contributed by atoms with Gasteiger partial charge in [-0.15, -0.1) is 12.4 Å². The molecule has 22 heavy (non-hydrogen) atoms. The first-order valence-electron chi connectivity index (χ1n) is 7.02. The fraction of sp³-hybridized carbons (Fsp3) is 0.312. The summed E-state index contributed by atoms with van der Waals surface area (Å²) in [7, 11) is 0. The highest BCUT2D eigenvalue weighted by Crippen LogP contribution is 2.25. The molecular formula is C16H18BrClFN3. The molecule has 1 saturated heterocycles. The lowest BCUT2D eigenvalue weighted by Crippen LogP contribution is -2.45. The molecule has 0 radical (unpaired) electrons. The predicted octanol–water partition coefficient (Wildman–Crippen LogP) is 3.55. The molecule has 1 N–H and O–H groups in total. The van der Waals surface area contributed by atoms with Gasteiger partial charge in [-0.05, 0) is 51.3 Å². The molecule has 6 heteroatoms. The fourth-order valence-electron chi connectivity index (χ4n) is 2.72. The summed E-state index contributed by atoms with van der Waals surface area (Å²) in [6.45, 7) is 3.56. The molecular weight excluding hydrogens is 369 g/mol. The number of aromatic nitrogens is 1. The average molecular weight is 387 g/mol. The fourth-order valence-corrected chi connectivity index (χ4v) is 2.97. The van der Waals surface area contributed by atoms with Crippen molar-refractivity contribution in [3.63, 3.8) is 0 Å². The Morgan fingerprint density at radius 3 is 2.77 bits per heavy atom. The highest BCUT2D eigenvalue weighted by atomic mass is 79.9. The third-order valence-electron chi connectivity index (χ3n) is 3.81. The predicted molar refractivity (Wildman–Crippen MR) is 91.6 cm³/mol. The van der Waals surface area contributed by atoms with Crippen LogP contribution in [0.5, 0.6) is 0 Å². The molecule has 118 valence electrons. The van der Waals surface area contributed by atoms with Crippen molar-refractivity contribution in [1.82, 2.24) is 15.2 Å². The van der Waals surface area contributed by atoms with E-state index in [2.05, 4.69) is 31.1 Å². The molecule has 1 aromatic heterocycles. The average Bonchev–Trinajstić information content (AvgIpc) is 2.52. The van der Waals surface area contributed by atoms with E-state index >= 15 is 0 Å². The number of nitrogens with one attached hydrogen (secondary N) is 1. The van der Waals surface area contributed by atoms with Crippen LogP contribution in [0.25, 0.3) is 0 Å². The first-order valence-corrected chi connectivity index (χ1v) is 7.82. The zero-order chi connectivity index (χ0) is 14.7. The standard InChI is InChI=1S/C16H17BrFN3.ClH/c17-14-2-1-12(9-15(14)18)11-21-8-7-20-10-16(21)13-3-5-19-6-4-13;/h1-6,9,16,20H,7-8,10-11H2;1H. The van der Waals surface area contributed by atoms with Crippen LogP contribution < -0.4 is 5.32 Å². The van der Waals surface area contributed by atoms with Crippen molar-refractivity contribution in [2.24, 2.45) is 0 Å². The van der Waals surface area contributed by atoms with E-state index in [1.54, 1.807) is 12.1 Å². The van der Waals surface area contributed by atoms with Crippen LogP contribution in [0, 0.1) is 5.82 Å². The van der Waals surface area contributed by atoms with Gasteiger partial charge in [0, 0.05) is 44.6 Å². The molecule has 1 aromatic carbocycles. The van der Waals surface area contributed by atoms with Crippen LogP contribution in [0.1, 0.15) is 17.2 Å². The first kappa shape index (κ1) is 17.3. The van der Waals surface area contributed by atoms with Crippen LogP contribution in [0.15, 0.2) is 47.2 Å². The SMILES string of the molecule is Cl.Fc1cc(CN2CCNCC2c2ccncc2)ccc1Br. The molecule has 3 nitrogen and oxygen atoms in total. The molecule has 0 amide bonds. The van der Waals surface area contributed by atoms with Gasteiger partial charge in [0.25, 0.3) is 0 Å². The van der Waals surface area contributed by atoms with Crippen LogP contribution in [-0.2, 0) is 6.54 Å². The first-order chi connectivity index (χ1) is 10.2. The van der Waals surface area contributed by atoms with Gasteiger partial charge in [0.1, 0.15) is 5.82 Å². The molecule has 1 aliphatic heterocycles. The van der Waals surface area contributed by atoms with E-state index in [1.165, 1.54) is 5.56 Å². The van der Waals surface area contributed by atoms with Crippen molar-refractivity contribution in [3.8, 4) is 0 Å². The van der Waals surface area contributed by atoms with Gasteiger partial charge in [0.2, 0.25) is 0 Å². The topological polar surface area (TPSA) is 28.2 Å². The summed E-state index contributed by atoms with van der Waals surface area (Å²) < 4.78 is 14.2. The summed E-state index contributed by atoms with van der Waals surface area (Å²) in [5.74, 6) is -0.205. The molecule has 1 aliphatic rings. The van der Waals surface area contributed by atoms with Crippen LogP contribution in [0.2, 0.25) is 0 Å². The second-order valence-electron chi connectivity index (χ2n) is 5.22. The maximum atomic E-state index is 13.7. The maximum Gasteiger partial charge on any atom is 0.137 e. The lowest BCUT2D eigenvalue weighted by atomic mass is 10.0. The Hall–Kier alpha value is -1.01. The molecule has 1 atom stereocenters. The van der Waals surface area contributed by atoms with Gasteiger partial charge >= 0.3 is 0 Å². The van der Waals surface area contributed by atoms with Crippen LogP contribution in [-0.4, -0.2) is 29.5 Å². The summed E-state index contributed by atoms with van der Waals surface area (Å²) in [6, 6.07) is 9.75. The Labute approximate surface area is 144 Å². The molecule has 0 bridgehead atoms. The van der Waals surface area contributed by atoms with Gasteiger partial charge in [0.05, 0.1) is 4.47 Å². The van der Waals surface area contributed by atoms with Crippen molar-refractivity contribution < 1.29 is 4.39 Å². The molecule has 0 spiro atoms. The Balaban J connectivity index is 0.00000176. The van der Waals surface area contributed by atoms with Crippen LogP contribution in [0.4, 0.5) is 4.39 Å². The van der Waals surface area contributed by atoms with Crippen molar-refractivity contribution in [3.05, 3.63) is 64.1 Å². The Bertz CT molecular complexity index is 612. The second-order valence-corrected chi connectivity index (χ2v) is 6.07. The number of pyridine rings is 1. The smallest absolute Gasteiger partial charge is 0.137 e. The van der Waals surface area contributed by atoms with Gasteiger partial charge in [-0.1, -0.05) is 6.07 Å². The van der Waals surface area contributed by atoms with E-state index in [-0.39, 0.29) is 18.2 Å². The lowest BCUT2D eigenvalue weighted by molar-refractivity contribution is 0.153. The minimum atomic E-state index is -0.205. The number of hydrogen-bond donors (Lipinski definition) is 1. The maximum absolute atomic E-state index is 13.7. The summed E-state index contributed by atoms with van der Waals surface area (Å²) in [5, 5.41) is 3.43. The summed E-state index contributed by atoms with van der Waals surface area (Å²) in [6.07, 6.45) is 3.64. The molecule has 0 saturated carbocycles. The minimum Gasteiger partial charge on any atom is -0.314 e. The van der Waals surface area contributed by atoms with Gasteiger partial charge in [-0.25, -0.2) is 4.39 Å². The van der Waals surface area contributed by atoms with Crippen molar-refractivity contribution in [2.45, 2.75) is 12.6 Å². The van der Waals surface area contributed by atoms with Gasteiger partial charge in [-0.3, -0.25) is 9.88 Å². The summed E-state index contributed by atoms with van der Waals surface area (Å²) >= 11 is 3.20. The number of piperazine rings is 1. The monoisotopic (exact) mass is 385 g/mol. The largest absolute Gasteiger partial charge is 0.314 e. The van der Waals surface area contributed by atoms with Crippen molar-refractivity contribution >= 4 is 28.3 Å². The molecule has 0 aliphatic carbocycles. The van der Waals surface area contributed by atoms with Gasteiger partial charge < -0.3 is 5.32 Å². The zero-order valence-corrected chi connectivity index (χ0v) is 14.4. The molecule has 3 rings (SSSR count). The van der Waals surface area contributed by atoms with Crippen LogP contribution in [0.3, 0.4) is 0 Å². The van der Waals surface area contributed by atoms with Gasteiger partial charge in [-0.2, -0.15) is 0 Å². The second kappa shape index (κ2) is 8.02. The summed E-state index contributed by atoms with van der Waals surface area (Å²) in [4.78, 5) is 6.46. The number of benzene rings is 1. The van der Waals surface area contributed by atoms with E-state index in [0.29, 0.717) is 10.5 Å². The molecule has 1 unspecified atom stereocenters. The number of halogens is 3. The van der Waals surface area contributed by atoms with E-state index in [1.807, 2.05) is 30.6 Å². The highest BCUT2D eigenvalue weighted by molar-refractivity contribution is 9.10. The number of hydrogen-bond acceptors (Lipinski definition) is 3. The quantitative estimate of drug-likeness (QED) is 0.874. The molecule has 1 fully saturated rings. The minimum absolute atomic E-state index is 0.